The number of aromatic nitrogens is 2. The molecule has 0 atom stereocenters. The van der Waals surface area contributed by atoms with Gasteiger partial charge in [0, 0.05) is 25.7 Å². The van der Waals surface area contributed by atoms with E-state index in [1.807, 2.05) is 11.3 Å². The van der Waals surface area contributed by atoms with Crippen LogP contribution in [0.3, 0.4) is 0 Å². The lowest BCUT2D eigenvalue weighted by molar-refractivity contribution is 0.436. The monoisotopic (exact) mass is 540 g/mol. The molecule has 2 fully saturated rings. The summed E-state index contributed by atoms with van der Waals surface area (Å²) in [5.41, 5.74) is 8.15. The molecular formula is C37H36N2S. The topological polar surface area (TPSA) is 17.8 Å². The summed E-state index contributed by atoms with van der Waals surface area (Å²) in [6, 6.07) is 31.4. The second-order valence-corrected chi connectivity index (χ2v) is 13.1. The third-order valence-corrected chi connectivity index (χ3v) is 10.8. The highest BCUT2D eigenvalue weighted by Crippen LogP contribution is 2.50. The van der Waals surface area contributed by atoms with Gasteiger partial charge in [0.1, 0.15) is 5.82 Å². The van der Waals surface area contributed by atoms with Crippen molar-refractivity contribution in [1.82, 2.24) is 9.55 Å². The van der Waals surface area contributed by atoms with Crippen LogP contribution in [0.2, 0.25) is 0 Å². The molecule has 2 heterocycles. The molecule has 0 saturated heterocycles. The van der Waals surface area contributed by atoms with Crippen LogP contribution in [-0.4, -0.2) is 9.55 Å². The van der Waals surface area contributed by atoms with E-state index >= 15 is 0 Å². The average Bonchev–Trinajstić information content (AvgIpc) is 3.60. The lowest BCUT2D eigenvalue weighted by Crippen LogP contribution is -2.15. The normalized spacial score (nSPS) is 17.3. The Balaban J connectivity index is 1.54. The number of nitrogens with zero attached hydrogens (tertiary/aromatic N) is 2. The fraction of sp³-hybridized carbons (Fsp3) is 0.324. The van der Waals surface area contributed by atoms with Gasteiger partial charge in [0.15, 0.2) is 0 Å². The second kappa shape index (κ2) is 10.2. The summed E-state index contributed by atoms with van der Waals surface area (Å²) in [5.74, 6) is 2.27. The van der Waals surface area contributed by atoms with Gasteiger partial charge in [0.25, 0.3) is 0 Å². The van der Waals surface area contributed by atoms with Crippen molar-refractivity contribution in [2.45, 2.75) is 76.0 Å². The molecule has 0 aliphatic heterocycles. The maximum Gasteiger partial charge on any atom is 0.145 e. The number of fused-ring (bicyclic) bond motifs is 4. The maximum absolute atomic E-state index is 5.32. The molecule has 2 aliphatic rings. The van der Waals surface area contributed by atoms with E-state index in [0.29, 0.717) is 11.8 Å². The highest BCUT2D eigenvalue weighted by molar-refractivity contribution is 7.26. The number of thiophene rings is 1. The summed E-state index contributed by atoms with van der Waals surface area (Å²) < 4.78 is 5.52. The zero-order chi connectivity index (χ0) is 26.5. The average molecular weight is 541 g/mol. The molecule has 3 heteroatoms. The molecule has 0 bridgehead atoms. The van der Waals surface area contributed by atoms with E-state index in [-0.39, 0.29) is 0 Å². The highest BCUT2D eigenvalue weighted by Gasteiger charge is 2.31. The van der Waals surface area contributed by atoms with Crippen LogP contribution in [0.25, 0.3) is 48.3 Å². The van der Waals surface area contributed by atoms with Crippen LogP contribution >= 0.6 is 11.3 Å². The van der Waals surface area contributed by atoms with E-state index in [9.17, 15) is 0 Å². The third kappa shape index (κ3) is 4.01. The first-order valence-corrected chi connectivity index (χ1v) is 16.2. The van der Waals surface area contributed by atoms with Crippen molar-refractivity contribution >= 4 is 42.5 Å². The van der Waals surface area contributed by atoms with Gasteiger partial charge in [-0.15, -0.1) is 11.3 Å². The Labute approximate surface area is 240 Å². The van der Waals surface area contributed by atoms with Crippen molar-refractivity contribution in [3.8, 4) is 17.1 Å². The zero-order valence-electron chi connectivity index (χ0n) is 23.1. The van der Waals surface area contributed by atoms with E-state index in [4.69, 9.17) is 4.98 Å². The van der Waals surface area contributed by atoms with E-state index in [2.05, 4.69) is 89.5 Å². The zero-order valence-corrected chi connectivity index (χ0v) is 23.9. The van der Waals surface area contributed by atoms with Crippen LogP contribution in [0.1, 0.15) is 87.2 Å². The van der Waals surface area contributed by atoms with Crippen molar-refractivity contribution in [2.24, 2.45) is 0 Å². The van der Waals surface area contributed by atoms with Crippen LogP contribution in [0, 0.1) is 0 Å². The minimum absolute atomic E-state index is 0.590. The fourth-order valence-electron chi connectivity index (χ4n) is 7.67. The SMILES string of the molecule is c1ccc(-c2nc3ccccc3n2-c2c(C3CCCCC3)cc3c(sc4ccccc43)c2C2CCCCC2)cc1. The van der Waals surface area contributed by atoms with Crippen LogP contribution < -0.4 is 0 Å². The van der Waals surface area contributed by atoms with Gasteiger partial charge in [-0.25, -0.2) is 4.98 Å². The molecule has 4 aromatic carbocycles. The number of benzene rings is 4. The molecule has 0 N–H and O–H groups in total. The first-order valence-electron chi connectivity index (χ1n) is 15.4. The molecule has 6 aromatic rings. The maximum atomic E-state index is 5.32. The second-order valence-electron chi connectivity index (χ2n) is 12.0. The predicted molar refractivity (Wildman–Crippen MR) is 171 cm³/mol. The predicted octanol–water partition coefficient (Wildman–Crippen LogP) is 11.2. The van der Waals surface area contributed by atoms with Gasteiger partial charge in [-0.05, 0) is 72.9 Å². The van der Waals surface area contributed by atoms with E-state index in [1.165, 1.54) is 101 Å². The molecule has 2 aliphatic carbocycles. The summed E-state index contributed by atoms with van der Waals surface area (Å²) in [6.07, 6.45) is 13.2. The van der Waals surface area contributed by atoms with E-state index in [1.54, 1.807) is 11.1 Å². The fourth-order valence-corrected chi connectivity index (χ4v) is 8.98. The molecule has 0 radical (unpaired) electrons. The molecule has 200 valence electrons. The molecule has 2 nitrogen and oxygen atoms in total. The van der Waals surface area contributed by atoms with Crippen LogP contribution in [0.4, 0.5) is 0 Å². The van der Waals surface area contributed by atoms with Crippen molar-refractivity contribution in [1.29, 1.82) is 0 Å². The summed E-state index contributed by atoms with van der Waals surface area (Å²) in [7, 11) is 0. The summed E-state index contributed by atoms with van der Waals surface area (Å²) in [6.45, 7) is 0. The Kier molecular flexibility index (Phi) is 6.21. The Morgan fingerprint density at radius 3 is 2.12 bits per heavy atom. The number of hydrogen-bond donors (Lipinski definition) is 0. The Bertz CT molecular complexity index is 1810. The molecule has 0 unspecified atom stereocenters. The van der Waals surface area contributed by atoms with Gasteiger partial charge < -0.3 is 0 Å². The van der Waals surface area contributed by atoms with Crippen LogP contribution in [0.5, 0.6) is 0 Å². The third-order valence-electron chi connectivity index (χ3n) is 9.58. The highest BCUT2D eigenvalue weighted by atomic mass is 32.1. The van der Waals surface area contributed by atoms with Crippen molar-refractivity contribution < 1.29 is 0 Å². The minimum Gasteiger partial charge on any atom is -0.292 e. The van der Waals surface area contributed by atoms with E-state index in [0.717, 1.165) is 11.3 Å². The molecule has 8 rings (SSSR count). The van der Waals surface area contributed by atoms with Gasteiger partial charge in [0.2, 0.25) is 0 Å². The lowest BCUT2D eigenvalue weighted by Gasteiger charge is -2.31. The van der Waals surface area contributed by atoms with Crippen molar-refractivity contribution in [3.63, 3.8) is 0 Å². The van der Waals surface area contributed by atoms with Crippen molar-refractivity contribution in [3.05, 3.63) is 96.1 Å². The molecular weight excluding hydrogens is 504 g/mol. The number of para-hydroxylation sites is 2. The van der Waals surface area contributed by atoms with Crippen molar-refractivity contribution in [2.75, 3.05) is 0 Å². The molecule has 2 saturated carbocycles. The molecule has 0 amide bonds. The smallest absolute Gasteiger partial charge is 0.145 e. The molecule has 0 spiro atoms. The largest absolute Gasteiger partial charge is 0.292 e. The standard InChI is InChI=1S/C37H36N2S/c1-4-14-25(15-5-1)29-24-30-28-20-10-13-23-33(28)40-36(30)34(26-16-6-2-7-17-26)35(29)39-32-22-12-11-21-31(32)38-37(39)27-18-8-3-9-19-27/h3,8-13,18-26H,1-2,4-7,14-17H2. The van der Waals surface area contributed by atoms with E-state index < -0.39 is 0 Å². The Hall–Kier alpha value is -3.43. The summed E-state index contributed by atoms with van der Waals surface area (Å²) in [5, 5.41) is 2.91. The van der Waals surface area contributed by atoms with Crippen LogP contribution in [-0.2, 0) is 0 Å². The molecule has 2 aromatic heterocycles. The quantitative estimate of drug-likeness (QED) is 0.217. The van der Waals surface area contributed by atoms with Gasteiger partial charge in [-0.1, -0.05) is 99.2 Å². The summed E-state index contributed by atoms with van der Waals surface area (Å²) >= 11 is 2.02. The first-order chi connectivity index (χ1) is 19.9. The van der Waals surface area contributed by atoms with Crippen LogP contribution in [0.15, 0.2) is 84.9 Å². The number of hydrogen-bond acceptors (Lipinski definition) is 2. The number of rotatable bonds is 4. The Morgan fingerprint density at radius 2 is 1.32 bits per heavy atom. The Morgan fingerprint density at radius 1 is 0.650 bits per heavy atom. The molecule has 40 heavy (non-hydrogen) atoms. The lowest BCUT2D eigenvalue weighted by atomic mass is 9.77. The minimum atomic E-state index is 0.590. The first kappa shape index (κ1) is 24.4. The van der Waals surface area contributed by atoms with Gasteiger partial charge >= 0.3 is 0 Å². The van der Waals surface area contributed by atoms with Gasteiger partial charge in [-0.2, -0.15) is 0 Å². The summed E-state index contributed by atoms with van der Waals surface area (Å²) in [4.78, 5) is 5.32. The number of imidazole rings is 1. The van der Waals surface area contributed by atoms with Gasteiger partial charge in [0.05, 0.1) is 16.7 Å². The van der Waals surface area contributed by atoms with Gasteiger partial charge in [-0.3, -0.25) is 4.57 Å².